The molecule has 3 rings (SSSR count). The van der Waals surface area contributed by atoms with Crippen LogP contribution in [0.2, 0.25) is 0 Å². The van der Waals surface area contributed by atoms with Crippen LogP contribution in [0.3, 0.4) is 0 Å². The molecule has 1 aromatic heterocycles. The van der Waals surface area contributed by atoms with E-state index in [1.165, 1.54) is 42.3 Å². The van der Waals surface area contributed by atoms with Gasteiger partial charge in [0.2, 0.25) is 5.88 Å². The lowest BCUT2D eigenvalue weighted by molar-refractivity contribution is 0.0356. The molecule has 0 bridgehead atoms. The van der Waals surface area contributed by atoms with Gasteiger partial charge < -0.3 is 30.1 Å². The van der Waals surface area contributed by atoms with Gasteiger partial charge in [0.25, 0.3) is 5.91 Å². The summed E-state index contributed by atoms with van der Waals surface area (Å²) in [6.45, 7) is 5.40. The molecule has 1 aliphatic rings. The summed E-state index contributed by atoms with van der Waals surface area (Å²) in [5, 5.41) is 21.9. The summed E-state index contributed by atoms with van der Waals surface area (Å²) < 4.78 is 19.3. The number of rotatable bonds is 5. The number of halogens is 1. The average molecular weight is 499 g/mol. The van der Waals surface area contributed by atoms with E-state index in [4.69, 9.17) is 4.74 Å². The second kappa shape index (κ2) is 11.8. The zero-order chi connectivity index (χ0) is 26.4. The number of carbonyl (C=O) groups is 2. The number of nitrogens with one attached hydrogen (secondary N) is 1. The Bertz CT molecular complexity index is 1150. The molecule has 4 atom stereocenters. The van der Waals surface area contributed by atoms with Gasteiger partial charge >= 0.3 is 6.03 Å². The standard InChI is InChI=1S/C26H31FN4O5/c1-16-13-31(17(2)15-32)25(34)22-11-19(6-5-18(3)33)12-28-24(22)36-23(16)14-30(4)26(35)29-21-9-7-20(27)8-10-21/h7-12,16-18,23,32-33H,13-15H2,1-4H3,(H,29,35)/t16-,17-,18+,23-/m1/s1. The number of ether oxygens (including phenoxy) is 1. The quantitative estimate of drug-likeness (QED) is 0.545. The Morgan fingerprint density at radius 2 is 2.06 bits per heavy atom. The molecular formula is C26H31FN4O5. The van der Waals surface area contributed by atoms with Gasteiger partial charge in [0, 0.05) is 37.0 Å². The zero-order valence-corrected chi connectivity index (χ0v) is 20.7. The van der Waals surface area contributed by atoms with E-state index in [9.17, 15) is 24.2 Å². The number of hydrogen-bond donors (Lipinski definition) is 3. The topological polar surface area (TPSA) is 115 Å². The Morgan fingerprint density at radius 3 is 2.69 bits per heavy atom. The number of pyridine rings is 1. The molecule has 1 aliphatic heterocycles. The minimum absolute atomic E-state index is 0.0987. The third-order valence-electron chi connectivity index (χ3n) is 5.84. The molecule has 9 nitrogen and oxygen atoms in total. The molecule has 192 valence electrons. The lowest BCUT2D eigenvalue weighted by Crippen LogP contribution is -2.50. The van der Waals surface area contributed by atoms with E-state index >= 15 is 0 Å². The number of aromatic nitrogens is 1. The van der Waals surface area contributed by atoms with Gasteiger partial charge in [-0.15, -0.1) is 0 Å². The minimum Gasteiger partial charge on any atom is -0.472 e. The molecule has 36 heavy (non-hydrogen) atoms. The summed E-state index contributed by atoms with van der Waals surface area (Å²) >= 11 is 0. The van der Waals surface area contributed by atoms with Crippen molar-refractivity contribution >= 4 is 17.6 Å². The number of fused-ring (bicyclic) bond motifs is 1. The number of likely N-dealkylation sites (N-methyl/N-ethyl adjacent to an activating group) is 1. The van der Waals surface area contributed by atoms with Crippen molar-refractivity contribution in [2.24, 2.45) is 5.92 Å². The molecule has 10 heteroatoms. The number of aliphatic hydroxyl groups is 2. The predicted molar refractivity (Wildman–Crippen MR) is 132 cm³/mol. The number of hydrogen-bond acceptors (Lipinski definition) is 6. The van der Waals surface area contributed by atoms with Crippen LogP contribution < -0.4 is 10.1 Å². The number of nitrogens with zero attached hydrogens (tertiary/aromatic N) is 3. The summed E-state index contributed by atoms with van der Waals surface area (Å²) in [6, 6.07) is 6.13. The first-order chi connectivity index (χ1) is 17.1. The maximum Gasteiger partial charge on any atom is 0.321 e. The first kappa shape index (κ1) is 26.9. The van der Waals surface area contributed by atoms with Crippen LogP contribution >= 0.6 is 0 Å². The Morgan fingerprint density at radius 1 is 1.36 bits per heavy atom. The lowest BCUT2D eigenvalue weighted by Gasteiger charge is -2.37. The third-order valence-corrected chi connectivity index (χ3v) is 5.84. The van der Waals surface area contributed by atoms with Crippen molar-refractivity contribution in [1.82, 2.24) is 14.8 Å². The Balaban J connectivity index is 1.87. The molecule has 0 saturated heterocycles. The normalized spacial score (nSPS) is 19.0. The number of benzene rings is 1. The van der Waals surface area contributed by atoms with Gasteiger partial charge in [-0.05, 0) is 44.2 Å². The van der Waals surface area contributed by atoms with Crippen molar-refractivity contribution in [3.63, 3.8) is 0 Å². The highest BCUT2D eigenvalue weighted by Gasteiger charge is 2.34. The van der Waals surface area contributed by atoms with Gasteiger partial charge in [0.15, 0.2) is 0 Å². The molecule has 0 saturated carbocycles. The van der Waals surface area contributed by atoms with Crippen molar-refractivity contribution < 1.29 is 28.9 Å². The van der Waals surface area contributed by atoms with E-state index in [0.717, 1.165) is 0 Å². The highest BCUT2D eigenvalue weighted by atomic mass is 19.1. The molecular weight excluding hydrogens is 467 g/mol. The number of carbonyl (C=O) groups excluding carboxylic acids is 2. The molecule has 3 N–H and O–H groups in total. The summed E-state index contributed by atoms with van der Waals surface area (Å²) in [7, 11) is 1.61. The first-order valence-electron chi connectivity index (χ1n) is 11.6. The molecule has 0 aliphatic carbocycles. The zero-order valence-electron chi connectivity index (χ0n) is 20.7. The van der Waals surface area contributed by atoms with Gasteiger partial charge in [0.1, 0.15) is 23.6 Å². The second-order valence-corrected chi connectivity index (χ2v) is 8.96. The third kappa shape index (κ3) is 6.71. The van der Waals surface area contributed by atoms with E-state index in [1.807, 2.05) is 6.92 Å². The monoisotopic (exact) mass is 498 g/mol. The highest BCUT2D eigenvalue weighted by Crippen LogP contribution is 2.27. The van der Waals surface area contributed by atoms with Crippen LogP contribution in [0, 0.1) is 23.6 Å². The van der Waals surface area contributed by atoms with Crippen LogP contribution in [0.5, 0.6) is 5.88 Å². The maximum atomic E-state index is 13.4. The summed E-state index contributed by atoms with van der Waals surface area (Å²) in [4.78, 5) is 33.4. The van der Waals surface area contributed by atoms with Crippen molar-refractivity contribution in [1.29, 1.82) is 0 Å². The van der Waals surface area contributed by atoms with Crippen molar-refractivity contribution in [3.8, 4) is 17.7 Å². The Kier molecular flexibility index (Phi) is 8.85. The average Bonchev–Trinajstić information content (AvgIpc) is 2.85. The molecule has 2 aromatic rings. The van der Waals surface area contributed by atoms with Crippen LogP contribution in [-0.2, 0) is 0 Å². The van der Waals surface area contributed by atoms with Crippen molar-refractivity contribution in [3.05, 3.63) is 53.5 Å². The van der Waals surface area contributed by atoms with Gasteiger partial charge in [-0.1, -0.05) is 18.8 Å². The predicted octanol–water partition coefficient (Wildman–Crippen LogP) is 2.34. The molecule has 0 radical (unpaired) electrons. The smallest absolute Gasteiger partial charge is 0.321 e. The number of aliphatic hydroxyl groups excluding tert-OH is 2. The lowest BCUT2D eigenvalue weighted by atomic mass is 10.00. The minimum atomic E-state index is -0.841. The van der Waals surface area contributed by atoms with Gasteiger partial charge in [-0.25, -0.2) is 14.2 Å². The number of amides is 3. The van der Waals surface area contributed by atoms with Gasteiger partial charge in [-0.3, -0.25) is 4.79 Å². The van der Waals surface area contributed by atoms with E-state index < -0.39 is 30.1 Å². The Hall–Kier alpha value is -3.68. The van der Waals surface area contributed by atoms with Crippen LogP contribution in [0.15, 0.2) is 36.5 Å². The van der Waals surface area contributed by atoms with E-state index in [-0.39, 0.29) is 43.0 Å². The van der Waals surface area contributed by atoms with E-state index in [1.54, 1.807) is 24.9 Å². The van der Waals surface area contributed by atoms with Crippen LogP contribution in [0.4, 0.5) is 14.9 Å². The van der Waals surface area contributed by atoms with Crippen LogP contribution in [-0.4, -0.2) is 81.9 Å². The first-order valence-corrected chi connectivity index (χ1v) is 11.6. The highest BCUT2D eigenvalue weighted by molar-refractivity contribution is 5.97. The molecule has 0 spiro atoms. The molecule has 0 unspecified atom stereocenters. The van der Waals surface area contributed by atoms with Crippen molar-refractivity contribution in [2.75, 3.05) is 32.1 Å². The largest absolute Gasteiger partial charge is 0.472 e. The molecule has 2 heterocycles. The fourth-order valence-electron chi connectivity index (χ4n) is 3.68. The molecule has 3 amide bonds. The molecule has 0 fully saturated rings. The molecule has 1 aromatic carbocycles. The maximum absolute atomic E-state index is 13.4. The van der Waals surface area contributed by atoms with Gasteiger partial charge in [-0.2, -0.15) is 0 Å². The second-order valence-electron chi connectivity index (χ2n) is 8.96. The fraction of sp³-hybridized carbons (Fsp3) is 0.423. The fourth-order valence-corrected chi connectivity index (χ4v) is 3.68. The van der Waals surface area contributed by atoms with Crippen LogP contribution in [0.1, 0.15) is 36.7 Å². The SMILES string of the molecule is C[C@H](O)C#Cc1cnc2c(c1)C(=O)N([C@H](C)CO)C[C@@H](C)[C@@H](CN(C)C(=O)Nc1ccc(F)cc1)O2. The van der Waals surface area contributed by atoms with Crippen molar-refractivity contribution in [2.45, 2.75) is 39.0 Å². The van der Waals surface area contributed by atoms with Crippen LogP contribution in [0.25, 0.3) is 0 Å². The van der Waals surface area contributed by atoms with E-state index in [2.05, 4.69) is 22.1 Å². The Labute approximate surface area is 209 Å². The number of anilines is 1. The summed E-state index contributed by atoms with van der Waals surface area (Å²) in [5.41, 5.74) is 1.07. The summed E-state index contributed by atoms with van der Waals surface area (Å²) in [6.07, 6.45) is 0.0816. The number of urea groups is 1. The van der Waals surface area contributed by atoms with E-state index in [0.29, 0.717) is 11.3 Å². The van der Waals surface area contributed by atoms with Gasteiger partial charge in [0.05, 0.1) is 19.2 Å². The summed E-state index contributed by atoms with van der Waals surface area (Å²) in [5.74, 6) is 4.53.